The topological polar surface area (TPSA) is 116 Å². The molecule has 9 nitrogen and oxygen atoms in total. The fourth-order valence-electron chi connectivity index (χ4n) is 2.57. The number of amides is 1. The SMILES string of the molecule is Cc1cc(NC(=O)COC(=O)c2cc(Cl)ccc2[N+](=O)[O-])n(-c2ccccc2)n1. The third-order valence-corrected chi connectivity index (χ3v) is 4.04. The summed E-state index contributed by atoms with van der Waals surface area (Å²) < 4.78 is 6.46. The molecule has 1 amide bonds. The summed E-state index contributed by atoms with van der Waals surface area (Å²) in [4.78, 5) is 34.8. The first-order valence-corrected chi connectivity index (χ1v) is 8.76. The number of hydrogen-bond acceptors (Lipinski definition) is 6. The molecule has 0 aliphatic rings. The maximum Gasteiger partial charge on any atom is 0.345 e. The second-order valence-electron chi connectivity index (χ2n) is 5.96. The van der Waals surface area contributed by atoms with Crippen LogP contribution in [0.1, 0.15) is 16.1 Å². The highest BCUT2D eigenvalue weighted by molar-refractivity contribution is 6.31. The van der Waals surface area contributed by atoms with Gasteiger partial charge >= 0.3 is 5.97 Å². The Labute approximate surface area is 170 Å². The highest BCUT2D eigenvalue weighted by Gasteiger charge is 2.23. The molecule has 0 unspecified atom stereocenters. The number of benzene rings is 2. The zero-order valence-corrected chi connectivity index (χ0v) is 15.9. The molecule has 1 aromatic heterocycles. The summed E-state index contributed by atoms with van der Waals surface area (Å²) >= 11 is 5.79. The maximum absolute atomic E-state index is 12.2. The van der Waals surface area contributed by atoms with Crippen molar-refractivity contribution in [2.75, 3.05) is 11.9 Å². The summed E-state index contributed by atoms with van der Waals surface area (Å²) in [5.74, 6) is -1.26. The molecule has 1 N–H and O–H groups in total. The molecule has 0 aliphatic heterocycles. The van der Waals surface area contributed by atoms with E-state index in [-0.39, 0.29) is 10.6 Å². The van der Waals surface area contributed by atoms with E-state index in [1.54, 1.807) is 13.0 Å². The number of carbonyl (C=O) groups excluding carboxylic acids is 2. The van der Waals surface area contributed by atoms with Crippen molar-refractivity contribution < 1.29 is 19.2 Å². The quantitative estimate of drug-likeness (QED) is 0.374. The Balaban J connectivity index is 1.70. The minimum atomic E-state index is -1.03. The van der Waals surface area contributed by atoms with Crippen molar-refractivity contribution in [3.05, 3.63) is 81.0 Å². The Morgan fingerprint density at radius 1 is 1.21 bits per heavy atom. The van der Waals surface area contributed by atoms with Gasteiger partial charge in [-0.2, -0.15) is 5.10 Å². The van der Waals surface area contributed by atoms with Gasteiger partial charge in [0.1, 0.15) is 11.4 Å². The number of nitro groups is 1. The van der Waals surface area contributed by atoms with Crippen molar-refractivity contribution in [1.82, 2.24) is 9.78 Å². The summed E-state index contributed by atoms with van der Waals surface area (Å²) in [6.07, 6.45) is 0. The number of nitro benzene ring substituents is 1. The van der Waals surface area contributed by atoms with Crippen LogP contribution in [0.25, 0.3) is 5.69 Å². The van der Waals surface area contributed by atoms with Gasteiger partial charge in [0.25, 0.3) is 11.6 Å². The summed E-state index contributed by atoms with van der Waals surface area (Å²) in [5, 5.41) is 18.1. The molecule has 0 spiro atoms. The molecule has 0 atom stereocenters. The molecule has 3 rings (SSSR count). The number of halogens is 1. The third-order valence-electron chi connectivity index (χ3n) is 3.81. The van der Waals surface area contributed by atoms with Crippen LogP contribution in [0.4, 0.5) is 11.5 Å². The van der Waals surface area contributed by atoms with E-state index in [0.29, 0.717) is 11.5 Å². The van der Waals surface area contributed by atoms with E-state index in [0.717, 1.165) is 17.8 Å². The Kier molecular flexibility index (Phi) is 5.89. The molecule has 0 bridgehead atoms. The second kappa shape index (κ2) is 8.53. The molecule has 2 aromatic carbocycles. The lowest BCUT2D eigenvalue weighted by Crippen LogP contribution is -2.22. The minimum absolute atomic E-state index is 0.134. The lowest BCUT2D eigenvalue weighted by atomic mass is 10.2. The van der Waals surface area contributed by atoms with Gasteiger partial charge in [-0.1, -0.05) is 29.8 Å². The number of nitrogens with zero attached hydrogens (tertiary/aromatic N) is 3. The van der Waals surface area contributed by atoms with Crippen molar-refractivity contribution in [2.45, 2.75) is 6.92 Å². The van der Waals surface area contributed by atoms with Gasteiger partial charge in [-0.3, -0.25) is 14.9 Å². The van der Waals surface area contributed by atoms with Gasteiger partial charge in [-0.25, -0.2) is 9.48 Å². The van der Waals surface area contributed by atoms with Crippen molar-refractivity contribution in [2.24, 2.45) is 0 Å². The number of para-hydroxylation sites is 1. The molecular weight excluding hydrogens is 400 g/mol. The smallest absolute Gasteiger partial charge is 0.345 e. The molecule has 0 fully saturated rings. The number of aryl methyl sites for hydroxylation is 1. The normalized spacial score (nSPS) is 10.4. The molecular formula is C19H15ClN4O5. The molecule has 148 valence electrons. The van der Waals surface area contributed by atoms with Crippen molar-refractivity contribution in [3.8, 4) is 5.69 Å². The van der Waals surface area contributed by atoms with Gasteiger partial charge in [-0.15, -0.1) is 0 Å². The van der Waals surface area contributed by atoms with E-state index in [9.17, 15) is 19.7 Å². The predicted molar refractivity (Wildman–Crippen MR) is 105 cm³/mol. The first-order valence-electron chi connectivity index (χ1n) is 8.38. The van der Waals surface area contributed by atoms with Crippen LogP contribution >= 0.6 is 11.6 Å². The average molecular weight is 415 g/mol. The number of hydrogen-bond donors (Lipinski definition) is 1. The first-order chi connectivity index (χ1) is 13.8. The minimum Gasteiger partial charge on any atom is -0.452 e. The van der Waals surface area contributed by atoms with E-state index in [2.05, 4.69) is 10.4 Å². The van der Waals surface area contributed by atoms with E-state index in [1.807, 2.05) is 30.3 Å². The third kappa shape index (κ3) is 4.77. The summed E-state index contributed by atoms with van der Waals surface area (Å²) in [7, 11) is 0. The van der Waals surface area contributed by atoms with E-state index in [4.69, 9.17) is 16.3 Å². The van der Waals surface area contributed by atoms with Crippen molar-refractivity contribution in [1.29, 1.82) is 0 Å². The lowest BCUT2D eigenvalue weighted by Gasteiger charge is -2.09. The number of rotatable bonds is 6. The monoisotopic (exact) mass is 414 g/mol. The first kappa shape index (κ1) is 20.0. The zero-order chi connectivity index (χ0) is 21.0. The van der Waals surface area contributed by atoms with Gasteiger partial charge in [0.15, 0.2) is 6.61 Å². The number of aromatic nitrogens is 2. The Morgan fingerprint density at radius 2 is 1.93 bits per heavy atom. The summed E-state index contributed by atoms with van der Waals surface area (Å²) in [5.41, 5.74) is 0.621. The molecule has 0 aliphatic carbocycles. The summed E-state index contributed by atoms with van der Waals surface area (Å²) in [6, 6.07) is 14.3. The van der Waals surface area contributed by atoms with Crippen LogP contribution in [0.5, 0.6) is 0 Å². The molecule has 0 radical (unpaired) electrons. The highest BCUT2D eigenvalue weighted by Crippen LogP contribution is 2.23. The van der Waals surface area contributed by atoms with Crippen LogP contribution in [0.3, 0.4) is 0 Å². The van der Waals surface area contributed by atoms with Gasteiger partial charge in [0.2, 0.25) is 0 Å². The van der Waals surface area contributed by atoms with Crippen molar-refractivity contribution >= 4 is 35.0 Å². The number of ether oxygens (including phenoxy) is 1. The molecule has 1 heterocycles. The fraction of sp³-hybridized carbons (Fsp3) is 0.105. The van der Waals surface area contributed by atoms with Crippen molar-refractivity contribution in [3.63, 3.8) is 0 Å². The second-order valence-corrected chi connectivity index (χ2v) is 6.40. The van der Waals surface area contributed by atoms with Gasteiger partial charge < -0.3 is 10.1 Å². The van der Waals surface area contributed by atoms with Gasteiger partial charge in [0, 0.05) is 17.2 Å². The van der Waals surface area contributed by atoms with Gasteiger partial charge in [-0.05, 0) is 31.2 Å². The summed E-state index contributed by atoms with van der Waals surface area (Å²) in [6.45, 7) is 1.13. The van der Waals surface area contributed by atoms with E-state index < -0.39 is 29.1 Å². The Hall–Kier alpha value is -3.72. The average Bonchev–Trinajstić information content (AvgIpc) is 3.06. The molecule has 0 saturated carbocycles. The molecule has 29 heavy (non-hydrogen) atoms. The maximum atomic E-state index is 12.2. The molecule has 10 heteroatoms. The molecule has 3 aromatic rings. The van der Waals surface area contributed by atoms with Crippen LogP contribution in [0, 0.1) is 17.0 Å². The zero-order valence-electron chi connectivity index (χ0n) is 15.2. The standard InChI is InChI=1S/C19H15ClN4O5/c1-12-9-17(23(22-12)14-5-3-2-4-6-14)21-18(25)11-29-19(26)15-10-13(20)7-8-16(15)24(27)28/h2-10H,11H2,1H3,(H,21,25). The van der Waals surface area contributed by atoms with E-state index in [1.165, 1.54) is 10.7 Å². The Morgan fingerprint density at radius 3 is 2.62 bits per heavy atom. The largest absolute Gasteiger partial charge is 0.452 e. The fourth-order valence-corrected chi connectivity index (χ4v) is 2.75. The Bertz CT molecular complexity index is 1080. The van der Waals surface area contributed by atoms with E-state index >= 15 is 0 Å². The lowest BCUT2D eigenvalue weighted by molar-refractivity contribution is -0.385. The van der Waals surface area contributed by atoms with Gasteiger partial charge in [0.05, 0.1) is 16.3 Å². The van der Waals surface area contributed by atoms with Crippen LogP contribution in [-0.2, 0) is 9.53 Å². The number of carbonyl (C=O) groups is 2. The van der Waals surface area contributed by atoms with Crippen LogP contribution in [-0.4, -0.2) is 33.2 Å². The van der Waals surface area contributed by atoms with Crippen LogP contribution in [0.2, 0.25) is 5.02 Å². The highest BCUT2D eigenvalue weighted by atomic mass is 35.5. The number of esters is 1. The number of anilines is 1. The van der Waals surface area contributed by atoms with Crippen LogP contribution in [0.15, 0.2) is 54.6 Å². The molecule has 0 saturated heterocycles. The number of nitrogens with one attached hydrogen (secondary N) is 1. The van der Waals surface area contributed by atoms with Crippen LogP contribution < -0.4 is 5.32 Å². The predicted octanol–water partition coefficient (Wildman–Crippen LogP) is 3.54.